The lowest BCUT2D eigenvalue weighted by molar-refractivity contribution is 0.212. The SMILES string of the molecule is CCOP(=O)(OCC)[C@H](N)c1ccc(Cl)nc1Cl. The fourth-order valence-corrected chi connectivity index (χ4v) is 3.57. The molecule has 0 fully saturated rings. The van der Waals surface area contributed by atoms with Crippen molar-refractivity contribution in [2.75, 3.05) is 13.2 Å². The van der Waals surface area contributed by atoms with Crippen LogP contribution in [-0.4, -0.2) is 18.2 Å². The van der Waals surface area contributed by atoms with E-state index in [1.54, 1.807) is 19.9 Å². The van der Waals surface area contributed by atoms with Crippen LogP contribution in [0, 0.1) is 0 Å². The molecule has 0 aliphatic carbocycles. The van der Waals surface area contributed by atoms with Gasteiger partial charge in [0.05, 0.1) is 13.2 Å². The quantitative estimate of drug-likeness (QED) is 0.641. The molecular formula is C10H15Cl2N2O3P. The molecule has 0 unspecified atom stereocenters. The molecule has 1 aromatic heterocycles. The Kier molecular flexibility index (Phi) is 6.05. The topological polar surface area (TPSA) is 74.4 Å². The van der Waals surface area contributed by atoms with Crippen molar-refractivity contribution in [2.24, 2.45) is 5.73 Å². The highest BCUT2D eigenvalue weighted by atomic mass is 35.5. The fourth-order valence-electron chi connectivity index (χ4n) is 1.37. The molecule has 0 aliphatic rings. The Morgan fingerprint density at radius 2 is 1.89 bits per heavy atom. The predicted molar refractivity (Wildman–Crippen MR) is 72.0 cm³/mol. The summed E-state index contributed by atoms with van der Waals surface area (Å²) in [6.45, 7) is 3.87. The van der Waals surface area contributed by atoms with E-state index in [1.807, 2.05) is 0 Å². The Balaban J connectivity index is 3.09. The van der Waals surface area contributed by atoms with Crippen LogP contribution in [0.4, 0.5) is 0 Å². The molecule has 1 rings (SSSR count). The average molecular weight is 313 g/mol. The van der Waals surface area contributed by atoms with Crippen LogP contribution in [0.3, 0.4) is 0 Å². The monoisotopic (exact) mass is 312 g/mol. The second-order valence-electron chi connectivity index (χ2n) is 3.33. The highest BCUT2D eigenvalue weighted by molar-refractivity contribution is 7.54. The maximum absolute atomic E-state index is 12.5. The van der Waals surface area contributed by atoms with Crippen LogP contribution in [0.25, 0.3) is 0 Å². The molecule has 18 heavy (non-hydrogen) atoms. The first-order valence-corrected chi connectivity index (χ1v) is 7.77. The van der Waals surface area contributed by atoms with E-state index < -0.39 is 13.4 Å². The minimum absolute atomic E-state index is 0.0923. The van der Waals surface area contributed by atoms with Crippen LogP contribution >= 0.6 is 30.8 Å². The van der Waals surface area contributed by atoms with Crippen LogP contribution in [0.15, 0.2) is 12.1 Å². The first kappa shape index (κ1) is 15.9. The van der Waals surface area contributed by atoms with Crippen molar-refractivity contribution in [3.63, 3.8) is 0 Å². The third-order valence-corrected chi connectivity index (χ3v) is 4.83. The molecule has 8 heteroatoms. The van der Waals surface area contributed by atoms with Crippen molar-refractivity contribution in [3.05, 3.63) is 28.0 Å². The summed E-state index contributed by atoms with van der Waals surface area (Å²) >= 11 is 11.6. The lowest BCUT2D eigenvalue weighted by atomic mass is 10.3. The van der Waals surface area contributed by atoms with Gasteiger partial charge in [0.1, 0.15) is 16.1 Å². The van der Waals surface area contributed by atoms with E-state index in [0.29, 0.717) is 5.56 Å². The minimum atomic E-state index is -3.46. The number of hydrogen-bond donors (Lipinski definition) is 1. The molecule has 0 saturated heterocycles. The van der Waals surface area contributed by atoms with Crippen molar-refractivity contribution in [2.45, 2.75) is 19.6 Å². The van der Waals surface area contributed by atoms with Gasteiger partial charge in [-0.3, -0.25) is 4.57 Å². The van der Waals surface area contributed by atoms with Gasteiger partial charge in [-0.2, -0.15) is 0 Å². The molecule has 0 radical (unpaired) electrons. The van der Waals surface area contributed by atoms with Crippen molar-refractivity contribution in [1.82, 2.24) is 4.98 Å². The molecule has 102 valence electrons. The lowest BCUT2D eigenvalue weighted by Crippen LogP contribution is -2.15. The van der Waals surface area contributed by atoms with Crippen molar-refractivity contribution in [3.8, 4) is 0 Å². The number of hydrogen-bond acceptors (Lipinski definition) is 5. The lowest BCUT2D eigenvalue weighted by Gasteiger charge is -2.23. The van der Waals surface area contributed by atoms with E-state index in [0.717, 1.165) is 0 Å². The Bertz CT molecular complexity index is 449. The predicted octanol–water partition coefficient (Wildman–Crippen LogP) is 3.61. The maximum Gasteiger partial charge on any atom is 0.351 e. The summed E-state index contributed by atoms with van der Waals surface area (Å²) in [7, 11) is -3.46. The Labute approximate surface area is 116 Å². The van der Waals surface area contributed by atoms with Crippen molar-refractivity contribution >= 4 is 30.8 Å². The first-order chi connectivity index (χ1) is 8.44. The first-order valence-electron chi connectivity index (χ1n) is 5.41. The molecule has 0 aliphatic heterocycles. The van der Waals surface area contributed by atoms with Gasteiger partial charge in [0, 0.05) is 5.56 Å². The molecule has 0 aromatic carbocycles. The summed E-state index contributed by atoms with van der Waals surface area (Å²) in [5.74, 6) is -0.991. The normalized spacial score (nSPS) is 13.6. The summed E-state index contributed by atoms with van der Waals surface area (Å²) in [6, 6.07) is 3.08. The zero-order chi connectivity index (χ0) is 13.8. The number of aromatic nitrogens is 1. The summed E-state index contributed by atoms with van der Waals surface area (Å²) in [6.07, 6.45) is 0. The molecule has 2 N–H and O–H groups in total. The van der Waals surface area contributed by atoms with Gasteiger partial charge in [0.25, 0.3) is 0 Å². The standard InChI is InChI=1S/C10H15Cl2N2O3P/c1-3-16-18(15,17-4-2)10(13)7-5-6-8(11)14-9(7)12/h5-6,10H,3-4,13H2,1-2H3/t10-/m0/s1. The van der Waals surface area contributed by atoms with Crippen molar-refractivity contribution < 1.29 is 13.6 Å². The highest BCUT2D eigenvalue weighted by Gasteiger charge is 2.35. The van der Waals surface area contributed by atoms with Gasteiger partial charge in [0.15, 0.2) is 0 Å². The van der Waals surface area contributed by atoms with Gasteiger partial charge >= 0.3 is 7.60 Å². The summed E-state index contributed by atoms with van der Waals surface area (Å²) in [4.78, 5) is 3.85. The molecule has 0 bridgehead atoms. The molecule has 0 saturated carbocycles. The second kappa shape index (κ2) is 6.85. The van der Waals surface area contributed by atoms with Crippen LogP contribution in [0.1, 0.15) is 25.2 Å². The third kappa shape index (κ3) is 3.67. The second-order valence-corrected chi connectivity index (χ2v) is 6.23. The fraction of sp³-hybridized carbons (Fsp3) is 0.500. The van der Waals surface area contributed by atoms with Gasteiger partial charge in [0.2, 0.25) is 0 Å². The summed E-state index contributed by atoms with van der Waals surface area (Å²) in [5.41, 5.74) is 6.30. The number of nitrogens with zero attached hydrogens (tertiary/aromatic N) is 1. The van der Waals surface area contributed by atoms with Gasteiger partial charge < -0.3 is 14.8 Å². The average Bonchev–Trinajstić information content (AvgIpc) is 2.29. The van der Waals surface area contributed by atoms with Gasteiger partial charge in [-0.15, -0.1) is 0 Å². The molecule has 0 amide bonds. The van der Waals surface area contributed by atoms with E-state index in [1.165, 1.54) is 6.07 Å². The van der Waals surface area contributed by atoms with Crippen LogP contribution < -0.4 is 5.73 Å². The Morgan fingerprint density at radius 1 is 1.33 bits per heavy atom. The number of rotatable bonds is 6. The zero-order valence-corrected chi connectivity index (χ0v) is 12.5. The van der Waals surface area contributed by atoms with E-state index >= 15 is 0 Å². The molecule has 1 heterocycles. The largest absolute Gasteiger partial charge is 0.351 e. The molecule has 1 atom stereocenters. The smallest absolute Gasteiger partial charge is 0.314 e. The molecule has 0 spiro atoms. The van der Waals surface area contributed by atoms with Gasteiger partial charge in [-0.25, -0.2) is 4.98 Å². The van der Waals surface area contributed by atoms with E-state index in [4.69, 9.17) is 38.0 Å². The maximum atomic E-state index is 12.5. The molecule has 1 aromatic rings. The third-order valence-electron chi connectivity index (χ3n) is 2.12. The van der Waals surface area contributed by atoms with Crippen LogP contribution in [0.2, 0.25) is 10.3 Å². The highest BCUT2D eigenvalue weighted by Crippen LogP contribution is 2.58. The van der Waals surface area contributed by atoms with E-state index in [2.05, 4.69) is 4.98 Å². The molecular weight excluding hydrogens is 298 g/mol. The van der Waals surface area contributed by atoms with Crippen molar-refractivity contribution in [1.29, 1.82) is 0 Å². The van der Waals surface area contributed by atoms with Gasteiger partial charge in [-0.05, 0) is 19.9 Å². The summed E-state index contributed by atoms with van der Waals surface area (Å²) in [5, 5.41) is 0.327. The molecule has 5 nitrogen and oxygen atoms in total. The Hall–Kier alpha value is -0.160. The summed E-state index contributed by atoms with van der Waals surface area (Å²) < 4.78 is 22.8. The van der Waals surface area contributed by atoms with E-state index in [9.17, 15) is 4.57 Å². The zero-order valence-electron chi connectivity index (χ0n) is 10.1. The van der Waals surface area contributed by atoms with E-state index in [-0.39, 0.29) is 23.5 Å². The van der Waals surface area contributed by atoms with Crippen LogP contribution in [-0.2, 0) is 13.6 Å². The number of pyridine rings is 1. The van der Waals surface area contributed by atoms with Gasteiger partial charge in [-0.1, -0.05) is 29.3 Å². The Morgan fingerprint density at radius 3 is 2.33 bits per heavy atom. The van der Waals surface area contributed by atoms with Crippen LogP contribution in [0.5, 0.6) is 0 Å². The number of nitrogens with two attached hydrogens (primary N) is 1. The number of halogens is 2. The minimum Gasteiger partial charge on any atom is -0.314 e.